The molecular formula is C15H21FN2O2. The second-order valence-electron chi connectivity index (χ2n) is 5.25. The molecule has 5 heteroatoms. The number of nitrogens with one attached hydrogen (secondary N) is 2. The van der Waals surface area contributed by atoms with Gasteiger partial charge in [0.1, 0.15) is 11.9 Å². The number of rotatable bonds is 5. The minimum Gasteiger partial charge on any atom is -0.357 e. The molecule has 2 amide bonds. The number of hydrogen-bond acceptors (Lipinski definition) is 2. The average molecular weight is 280 g/mol. The van der Waals surface area contributed by atoms with E-state index in [-0.39, 0.29) is 17.4 Å². The Morgan fingerprint density at radius 1 is 1.30 bits per heavy atom. The molecule has 0 bridgehead atoms. The quantitative estimate of drug-likeness (QED) is 0.867. The molecule has 1 aromatic carbocycles. The summed E-state index contributed by atoms with van der Waals surface area (Å²) in [6, 6.07) is 3.66. The summed E-state index contributed by atoms with van der Waals surface area (Å²) in [7, 11) is 1.51. The van der Waals surface area contributed by atoms with Gasteiger partial charge in [-0.2, -0.15) is 0 Å². The Hall–Kier alpha value is -1.91. The van der Waals surface area contributed by atoms with E-state index in [9.17, 15) is 14.0 Å². The summed E-state index contributed by atoms with van der Waals surface area (Å²) in [5.41, 5.74) is 0.750. The first-order valence-electron chi connectivity index (χ1n) is 6.63. The van der Waals surface area contributed by atoms with E-state index >= 15 is 0 Å². The molecule has 0 spiro atoms. The van der Waals surface area contributed by atoms with Crippen molar-refractivity contribution in [3.63, 3.8) is 0 Å². The smallest absolute Gasteiger partial charge is 0.254 e. The number of aryl methyl sites for hydroxylation is 1. The SMILES string of the molecule is CNC(=O)C(CC(C)C)NC(=O)c1cc(C)ccc1F. The largest absolute Gasteiger partial charge is 0.357 e. The fraction of sp³-hybridized carbons (Fsp3) is 0.467. The van der Waals surface area contributed by atoms with E-state index < -0.39 is 17.8 Å². The zero-order valence-corrected chi connectivity index (χ0v) is 12.3. The average Bonchev–Trinajstić information content (AvgIpc) is 2.39. The lowest BCUT2D eigenvalue weighted by Crippen LogP contribution is -2.46. The fourth-order valence-corrected chi connectivity index (χ4v) is 1.93. The first-order valence-corrected chi connectivity index (χ1v) is 6.63. The Morgan fingerprint density at radius 3 is 2.50 bits per heavy atom. The molecule has 110 valence electrons. The highest BCUT2D eigenvalue weighted by Gasteiger charge is 2.22. The van der Waals surface area contributed by atoms with Crippen molar-refractivity contribution in [2.45, 2.75) is 33.2 Å². The Morgan fingerprint density at radius 2 is 1.95 bits per heavy atom. The molecule has 0 fully saturated rings. The number of amides is 2. The van der Waals surface area contributed by atoms with E-state index in [2.05, 4.69) is 10.6 Å². The van der Waals surface area contributed by atoms with Gasteiger partial charge in [0.2, 0.25) is 5.91 Å². The monoisotopic (exact) mass is 280 g/mol. The van der Waals surface area contributed by atoms with Gasteiger partial charge in [-0.15, -0.1) is 0 Å². The standard InChI is InChI=1S/C15H21FN2O2/c1-9(2)7-13(15(20)17-4)18-14(19)11-8-10(3)5-6-12(11)16/h5-6,8-9,13H,7H2,1-4H3,(H,17,20)(H,18,19). The minimum absolute atomic E-state index is 0.0392. The maximum Gasteiger partial charge on any atom is 0.254 e. The van der Waals surface area contributed by atoms with Crippen molar-refractivity contribution in [1.29, 1.82) is 0 Å². The van der Waals surface area contributed by atoms with Crippen LogP contribution in [-0.4, -0.2) is 24.9 Å². The van der Waals surface area contributed by atoms with Crippen LogP contribution >= 0.6 is 0 Å². The lowest BCUT2D eigenvalue weighted by Gasteiger charge is -2.19. The molecule has 2 N–H and O–H groups in total. The highest BCUT2D eigenvalue weighted by Crippen LogP contribution is 2.11. The molecule has 0 aliphatic heterocycles. The third-order valence-corrected chi connectivity index (χ3v) is 2.94. The van der Waals surface area contributed by atoms with Gasteiger partial charge in [-0.05, 0) is 31.4 Å². The van der Waals surface area contributed by atoms with Crippen LogP contribution in [0.4, 0.5) is 4.39 Å². The van der Waals surface area contributed by atoms with E-state index in [4.69, 9.17) is 0 Å². The lowest BCUT2D eigenvalue weighted by molar-refractivity contribution is -0.122. The van der Waals surface area contributed by atoms with Crippen molar-refractivity contribution in [2.75, 3.05) is 7.05 Å². The van der Waals surface area contributed by atoms with Crippen LogP contribution in [0.1, 0.15) is 36.2 Å². The van der Waals surface area contributed by atoms with Crippen molar-refractivity contribution < 1.29 is 14.0 Å². The lowest BCUT2D eigenvalue weighted by atomic mass is 10.0. The van der Waals surface area contributed by atoms with E-state index in [1.807, 2.05) is 13.8 Å². The predicted molar refractivity (Wildman–Crippen MR) is 75.9 cm³/mol. The summed E-state index contributed by atoms with van der Waals surface area (Å²) in [4.78, 5) is 23.8. The van der Waals surface area contributed by atoms with Crippen LogP contribution in [0.25, 0.3) is 0 Å². The summed E-state index contributed by atoms with van der Waals surface area (Å²) in [5, 5.41) is 5.10. The van der Waals surface area contributed by atoms with Crippen LogP contribution < -0.4 is 10.6 Å². The van der Waals surface area contributed by atoms with Crippen molar-refractivity contribution in [3.05, 3.63) is 35.1 Å². The van der Waals surface area contributed by atoms with Crippen molar-refractivity contribution in [1.82, 2.24) is 10.6 Å². The Labute approximate surface area is 118 Å². The van der Waals surface area contributed by atoms with Gasteiger partial charge in [0.05, 0.1) is 5.56 Å². The van der Waals surface area contributed by atoms with Crippen molar-refractivity contribution >= 4 is 11.8 Å². The van der Waals surface area contributed by atoms with Crippen molar-refractivity contribution in [3.8, 4) is 0 Å². The molecule has 0 aliphatic rings. The number of carbonyl (C=O) groups excluding carboxylic acids is 2. The van der Waals surface area contributed by atoms with Crippen LogP contribution in [0.2, 0.25) is 0 Å². The summed E-state index contributed by atoms with van der Waals surface area (Å²) in [6.45, 7) is 5.69. The van der Waals surface area contributed by atoms with Gasteiger partial charge in [0, 0.05) is 7.05 Å². The Bertz CT molecular complexity index is 501. The highest BCUT2D eigenvalue weighted by molar-refractivity contribution is 5.97. The number of carbonyl (C=O) groups is 2. The predicted octanol–water partition coefficient (Wildman–Crippen LogP) is 2.02. The number of hydrogen-bond donors (Lipinski definition) is 2. The summed E-state index contributed by atoms with van der Waals surface area (Å²) in [5.74, 6) is -1.20. The number of halogens is 1. The molecule has 1 aromatic rings. The first kappa shape index (κ1) is 16.1. The third kappa shape index (κ3) is 4.33. The third-order valence-electron chi connectivity index (χ3n) is 2.94. The highest BCUT2D eigenvalue weighted by atomic mass is 19.1. The second kappa shape index (κ2) is 7.03. The van der Waals surface area contributed by atoms with Gasteiger partial charge >= 0.3 is 0 Å². The second-order valence-corrected chi connectivity index (χ2v) is 5.25. The molecule has 1 rings (SSSR count). The van der Waals surface area contributed by atoms with E-state index in [1.165, 1.54) is 19.2 Å². The summed E-state index contributed by atoms with van der Waals surface area (Å²) < 4.78 is 13.7. The number of benzene rings is 1. The van der Waals surface area contributed by atoms with Gasteiger partial charge in [-0.1, -0.05) is 25.5 Å². The molecule has 0 aliphatic carbocycles. The molecule has 0 saturated carbocycles. The molecule has 1 unspecified atom stereocenters. The van der Waals surface area contributed by atoms with Crippen LogP contribution in [0.15, 0.2) is 18.2 Å². The van der Waals surface area contributed by atoms with E-state index in [0.29, 0.717) is 6.42 Å². The fourth-order valence-electron chi connectivity index (χ4n) is 1.93. The summed E-state index contributed by atoms with van der Waals surface area (Å²) >= 11 is 0. The molecule has 4 nitrogen and oxygen atoms in total. The normalized spacial score (nSPS) is 12.1. The molecule has 0 aromatic heterocycles. The van der Waals surface area contributed by atoms with Crippen LogP contribution in [0.5, 0.6) is 0 Å². The Balaban J connectivity index is 2.90. The first-order chi connectivity index (χ1) is 9.35. The van der Waals surface area contributed by atoms with E-state index in [1.54, 1.807) is 13.0 Å². The van der Waals surface area contributed by atoms with Crippen LogP contribution in [0.3, 0.4) is 0 Å². The van der Waals surface area contributed by atoms with Crippen LogP contribution in [-0.2, 0) is 4.79 Å². The maximum absolute atomic E-state index is 13.7. The minimum atomic E-state index is -0.660. The molecule has 0 saturated heterocycles. The number of likely N-dealkylation sites (N-methyl/N-ethyl adjacent to an activating group) is 1. The van der Waals surface area contributed by atoms with Gasteiger partial charge in [0.25, 0.3) is 5.91 Å². The summed E-state index contributed by atoms with van der Waals surface area (Å²) in [6.07, 6.45) is 0.499. The molecule has 1 atom stereocenters. The molecule has 20 heavy (non-hydrogen) atoms. The topological polar surface area (TPSA) is 58.2 Å². The van der Waals surface area contributed by atoms with Gasteiger partial charge < -0.3 is 10.6 Å². The van der Waals surface area contributed by atoms with Crippen LogP contribution in [0, 0.1) is 18.7 Å². The molecular weight excluding hydrogens is 259 g/mol. The molecule has 0 radical (unpaired) electrons. The Kier molecular flexibility index (Phi) is 5.67. The van der Waals surface area contributed by atoms with Crippen molar-refractivity contribution in [2.24, 2.45) is 5.92 Å². The molecule has 0 heterocycles. The van der Waals surface area contributed by atoms with Gasteiger partial charge in [-0.3, -0.25) is 9.59 Å². The van der Waals surface area contributed by atoms with Gasteiger partial charge in [0.15, 0.2) is 0 Å². The maximum atomic E-state index is 13.7. The zero-order valence-electron chi connectivity index (χ0n) is 12.3. The van der Waals surface area contributed by atoms with E-state index in [0.717, 1.165) is 5.56 Å². The zero-order chi connectivity index (χ0) is 15.3. The van der Waals surface area contributed by atoms with Gasteiger partial charge in [-0.25, -0.2) is 4.39 Å².